The Kier molecular flexibility index (Phi) is 5.46. The summed E-state index contributed by atoms with van der Waals surface area (Å²) in [4.78, 5) is 0. The smallest absolute Gasteiger partial charge is 0.120 e. The molecule has 0 aromatic heterocycles. The number of hydrogen-bond donors (Lipinski definition) is 2. The fraction of sp³-hybridized carbons (Fsp3) is 0.529. The van der Waals surface area contributed by atoms with E-state index in [9.17, 15) is 5.11 Å². The molecule has 1 aliphatic rings. The Balaban J connectivity index is 1.86. The zero-order valence-electron chi connectivity index (χ0n) is 11.9. The monoisotopic (exact) mass is 259 g/mol. The summed E-state index contributed by atoms with van der Waals surface area (Å²) in [5.74, 6) is 0.402. The number of rotatable bonds is 6. The Morgan fingerprint density at radius 3 is 2.79 bits per heavy atom. The lowest BCUT2D eigenvalue weighted by Gasteiger charge is -2.20. The van der Waals surface area contributed by atoms with Gasteiger partial charge in [0.25, 0.3) is 0 Å². The first-order chi connectivity index (χ1) is 9.31. The second kappa shape index (κ2) is 7.34. The van der Waals surface area contributed by atoms with Crippen molar-refractivity contribution in [1.82, 2.24) is 5.32 Å². The van der Waals surface area contributed by atoms with Gasteiger partial charge in [-0.15, -0.1) is 0 Å². The molecule has 0 saturated carbocycles. The number of aromatic hydroxyl groups is 1. The number of phenols is 1. The number of para-hydroxylation sites is 1. The molecule has 2 N–H and O–H groups in total. The van der Waals surface area contributed by atoms with E-state index in [0.717, 1.165) is 24.9 Å². The molecule has 0 aliphatic heterocycles. The summed E-state index contributed by atoms with van der Waals surface area (Å²) in [7, 11) is 0. The highest BCUT2D eigenvalue weighted by molar-refractivity contribution is 5.34. The molecule has 1 atom stereocenters. The van der Waals surface area contributed by atoms with Crippen LogP contribution in [0.3, 0.4) is 0 Å². The van der Waals surface area contributed by atoms with Gasteiger partial charge < -0.3 is 10.4 Å². The van der Waals surface area contributed by atoms with E-state index in [2.05, 4.69) is 18.3 Å². The molecule has 19 heavy (non-hydrogen) atoms. The Morgan fingerprint density at radius 1 is 1.26 bits per heavy atom. The quantitative estimate of drug-likeness (QED) is 0.746. The average Bonchev–Trinajstić information content (AvgIpc) is 2.46. The molecule has 2 heteroatoms. The van der Waals surface area contributed by atoms with Crippen molar-refractivity contribution in [3.63, 3.8) is 0 Å². The van der Waals surface area contributed by atoms with Crippen LogP contribution < -0.4 is 5.32 Å². The van der Waals surface area contributed by atoms with Gasteiger partial charge in [-0.05, 0) is 51.1 Å². The highest BCUT2D eigenvalue weighted by Gasteiger charge is 2.12. The van der Waals surface area contributed by atoms with Crippen LogP contribution in [-0.2, 0) is 0 Å². The number of phenolic OH excluding ortho intramolecular Hbond substituents is 1. The lowest BCUT2D eigenvalue weighted by molar-refractivity contribution is 0.441. The van der Waals surface area contributed by atoms with Crippen molar-refractivity contribution in [3.8, 4) is 5.75 Å². The third-order valence-corrected chi connectivity index (χ3v) is 3.94. The molecule has 2 nitrogen and oxygen atoms in total. The first-order valence-electron chi connectivity index (χ1n) is 7.50. The lowest BCUT2D eigenvalue weighted by atomic mass is 9.97. The van der Waals surface area contributed by atoms with Crippen molar-refractivity contribution in [2.75, 3.05) is 6.54 Å². The third kappa shape index (κ3) is 4.10. The molecule has 104 valence electrons. The van der Waals surface area contributed by atoms with Gasteiger partial charge in [0.15, 0.2) is 0 Å². The van der Waals surface area contributed by atoms with Crippen LogP contribution >= 0.6 is 0 Å². The molecule has 0 heterocycles. The van der Waals surface area contributed by atoms with Crippen molar-refractivity contribution < 1.29 is 5.11 Å². The standard InChI is InChI=1S/C17H25NO/c1-2-16(15-10-6-7-11-17(15)19)18-13-12-14-8-4-3-5-9-14/h6-8,10-11,16,18-19H,2-5,9,12-13H2,1H3. The summed E-state index contributed by atoms with van der Waals surface area (Å²) < 4.78 is 0. The van der Waals surface area contributed by atoms with E-state index in [1.54, 1.807) is 11.6 Å². The Bertz CT molecular complexity index is 425. The van der Waals surface area contributed by atoms with Crippen LogP contribution in [0.4, 0.5) is 0 Å². The van der Waals surface area contributed by atoms with E-state index < -0.39 is 0 Å². The molecule has 1 aromatic rings. The second-order valence-electron chi connectivity index (χ2n) is 5.33. The first-order valence-corrected chi connectivity index (χ1v) is 7.50. The first kappa shape index (κ1) is 14.1. The largest absolute Gasteiger partial charge is 0.508 e. The average molecular weight is 259 g/mol. The molecule has 0 fully saturated rings. The maximum Gasteiger partial charge on any atom is 0.120 e. The van der Waals surface area contributed by atoms with Gasteiger partial charge in [-0.2, -0.15) is 0 Å². The number of benzene rings is 1. The highest BCUT2D eigenvalue weighted by Crippen LogP contribution is 2.26. The minimum atomic E-state index is 0.255. The van der Waals surface area contributed by atoms with Gasteiger partial charge in [-0.3, -0.25) is 0 Å². The molecule has 1 unspecified atom stereocenters. The van der Waals surface area contributed by atoms with E-state index >= 15 is 0 Å². The highest BCUT2D eigenvalue weighted by atomic mass is 16.3. The fourth-order valence-corrected chi connectivity index (χ4v) is 2.80. The van der Waals surface area contributed by atoms with Gasteiger partial charge in [0.05, 0.1) is 0 Å². The number of hydrogen-bond acceptors (Lipinski definition) is 2. The Hall–Kier alpha value is -1.28. The second-order valence-corrected chi connectivity index (χ2v) is 5.33. The molecular weight excluding hydrogens is 234 g/mol. The van der Waals surface area contributed by atoms with Crippen LogP contribution in [0.2, 0.25) is 0 Å². The molecule has 0 saturated heterocycles. The Morgan fingerprint density at radius 2 is 2.11 bits per heavy atom. The SMILES string of the molecule is CCC(NCCC1=CCCCC1)c1ccccc1O. The lowest BCUT2D eigenvalue weighted by Crippen LogP contribution is -2.22. The van der Waals surface area contributed by atoms with Crippen LogP contribution in [-0.4, -0.2) is 11.7 Å². The molecule has 0 amide bonds. The molecular formula is C17H25NO. The molecule has 0 radical (unpaired) electrons. The topological polar surface area (TPSA) is 32.3 Å². The van der Waals surface area contributed by atoms with E-state index in [1.807, 2.05) is 18.2 Å². The summed E-state index contributed by atoms with van der Waals surface area (Å²) in [6.07, 6.45) is 9.78. The third-order valence-electron chi connectivity index (χ3n) is 3.94. The van der Waals surface area contributed by atoms with E-state index in [0.29, 0.717) is 5.75 Å². The molecule has 1 aromatic carbocycles. The van der Waals surface area contributed by atoms with Crippen LogP contribution in [0.25, 0.3) is 0 Å². The summed E-state index contributed by atoms with van der Waals surface area (Å²) in [5.41, 5.74) is 2.62. The fourth-order valence-electron chi connectivity index (χ4n) is 2.80. The molecule has 0 bridgehead atoms. The summed E-state index contributed by atoms with van der Waals surface area (Å²) >= 11 is 0. The van der Waals surface area contributed by atoms with Gasteiger partial charge in [0.1, 0.15) is 5.75 Å². The Labute approximate surface area is 116 Å². The number of nitrogens with one attached hydrogen (secondary N) is 1. The predicted molar refractivity (Wildman–Crippen MR) is 80.3 cm³/mol. The van der Waals surface area contributed by atoms with Crippen LogP contribution in [0.5, 0.6) is 5.75 Å². The maximum atomic E-state index is 9.91. The van der Waals surface area contributed by atoms with Crippen LogP contribution in [0, 0.1) is 0 Å². The summed E-state index contributed by atoms with van der Waals surface area (Å²) in [5, 5.41) is 13.5. The summed E-state index contributed by atoms with van der Waals surface area (Å²) in [6, 6.07) is 7.90. The van der Waals surface area contributed by atoms with Crippen LogP contribution in [0.15, 0.2) is 35.9 Å². The van der Waals surface area contributed by atoms with Gasteiger partial charge in [0, 0.05) is 11.6 Å². The van der Waals surface area contributed by atoms with Gasteiger partial charge in [0.2, 0.25) is 0 Å². The van der Waals surface area contributed by atoms with E-state index in [-0.39, 0.29) is 6.04 Å². The van der Waals surface area contributed by atoms with Crippen molar-refractivity contribution >= 4 is 0 Å². The van der Waals surface area contributed by atoms with Gasteiger partial charge in [-0.25, -0.2) is 0 Å². The van der Waals surface area contributed by atoms with Gasteiger partial charge in [-0.1, -0.05) is 36.8 Å². The van der Waals surface area contributed by atoms with Crippen molar-refractivity contribution in [2.45, 2.75) is 51.5 Å². The normalized spacial score (nSPS) is 17.0. The minimum absolute atomic E-state index is 0.255. The summed E-state index contributed by atoms with van der Waals surface area (Å²) in [6.45, 7) is 3.16. The maximum absolute atomic E-state index is 9.91. The molecule has 0 spiro atoms. The van der Waals surface area contributed by atoms with E-state index in [1.165, 1.54) is 25.7 Å². The molecule has 1 aliphatic carbocycles. The predicted octanol–water partition coefficient (Wildman–Crippen LogP) is 4.32. The zero-order chi connectivity index (χ0) is 13.5. The number of allylic oxidation sites excluding steroid dienone is 1. The molecule has 2 rings (SSSR count). The van der Waals surface area contributed by atoms with Crippen LogP contribution in [0.1, 0.15) is 57.1 Å². The van der Waals surface area contributed by atoms with Crippen molar-refractivity contribution in [1.29, 1.82) is 0 Å². The zero-order valence-corrected chi connectivity index (χ0v) is 11.9. The minimum Gasteiger partial charge on any atom is -0.508 e. The van der Waals surface area contributed by atoms with Crippen molar-refractivity contribution in [3.05, 3.63) is 41.5 Å². The van der Waals surface area contributed by atoms with Crippen molar-refractivity contribution in [2.24, 2.45) is 0 Å². The van der Waals surface area contributed by atoms with Gasteiger partial charge >= 0.3 is 0 Å². The van der Waals surface area contributed by atoms with E-state index in [4.69, 9.17) is 0 Å².